The van der Waals surface area contributed by atoms with Gasteiger partial charge in [0.1, 0.15) is 17.5 Å². The Bertz CT molecular complexity index is 2030. The second-order valence-electron chi connectivity index (χ2n) is 10.2. The molecule has 1 aliphatic rings. The van der Waals surface area contributed by atoms with E-state index >= 15 is 0 Å². The Hall–Kier alpha value is -4.39. The molecule has 0 unspecified atom stereocenters. The summed E-state index contributed by atoms with van der Waals surface area (Å²) < 4.78 is 13.0. The Labute approximate surface area is 278 Å². The zero-order valence-corrected chi connectivity index (χ0v) is 28.2. The number of thiazole rings is 1. The summed E-state index contributed by atoms with van der Waals surface area (Å²) in [5, 5.41) is 12.6. The van der Waals surface area contributed by atoms with Crippen LogP contribution in [-0.2, 0) is 4.79 Å². The van der Waals surface area contributed by atoms with Gasteiger partial charge < -0.3 is 14.4 Å². The first-order chi connectivity index (χ1) is 22.1. The number of methoxy groups -OCH3 is 2. The molecule has 0 radical (unpaired) electrons. The van der Waals surface area contributed by atoms with Crippen LogP contribution in [0.4, 0.5) is 5.69 Å². The molecule has 1 amide bonds. The highest BCUT2D eigenvalue weighted by atomic mass is 35.5. The molecule has 0 fully saturated rings. The van der Waals surface area contributed by atoms with E-state index in [1.165, 1.54) is 29.5 Å². The van der Waals surface area contributed by atoms with Gasteiger partial charge in [0, 0.05) is 34.6 Å². The molecule has 1 atom stereocenters. The SMILES string of the molecule is CCN(CC)C(=O)C1=C(C)N=c2s/c(=C\c3ccc(Sc4ccc(Cl)cc4)c([N+](=O)[O-])c3)c(=O)n2[C@@H]1c1cc(OC)ccc1OC. The summed E-state index contributed by atoms with van der Waals surface area (Å²) in [6, 6.07) is 16.3. The van der Waals surface area contributed by atoms with Crippen LogP contribution >= 0.6 is 34.7 Å². The van der Waals surface area contributed by atoms with Crippen LogP contribution in [0.15, 0.2) is 91.5 Å². The molecule has 46 heavy (non-hydrogen) atoms. The van der Waals surface area contributed by atoms with Crippen molar-refractivity contribution in [2.45, 2.75) is 36.6 Å². The Morgan fingerprint density at radius 3 is 2.46 bits per heavy atom. The number of nitrogens with zero attached hydrogens (tertiary/aromatic N) is 4. The number of carbonyl (C=O) groups excluding carboxylic acids is 1. The third-order valence-electron chi connectivity index (χ3n) is 7.55. The van der Waals surface area contributed by atoms with Crippen LogP contribution in [0.2, 0.25) is 5.02 Å². The van der Waals surface area contributed by atoms with Crippen molar-refractivity contribution >= 4 is 52.4 Å². The van der Waals surface area contributed by atoms with Crippen LogP contribution in [0.3, 0.4) is 0 Å². The highest BCUT2D eigenvalue weighted by Crippen LogP contribution is 2.39. The lowest BCUT2D eigenvalue weighted by atomic mass is 9.93. The molecular weight excluding hydrogens is 648 g/mol. The lowest BCUT2D eigenvalue weighted by molar-refractivity contribution is -0.387. The van der Waals surface area contributed by atoms with Gasteiger partial charge in [0.25, 0.3) is 17.2 Å². The zero-order chi connectivity index (χ0) is 33.1. The van der Waals surface area contributed by atoms with E-state index in [1.54, 1.807) is 79.6 Å². The maximum Gasteiger partial charge on any atom is 0.283 e. The van der Waals surface area contributed by atoms with E-state index in [4.69, 9.17) is 26.1 Å². The molecule has 1 aliphatic heterocycles. The molecule has 4 aromatic rings. The predicted molar refractivity (Wildman–Crippen MR) is 180 cm³/mol. The summed E-state index contributed by atoms with van der Waals surface area (Å²) >= 11 is 8.38. The van der Waals surface area contributed by atoms with Crippen LogP contribution in [-0.4, -0.2) is 47.6 Å². The summed E-state index contributed by atoms with van der Waals surface area (Å²) in [5.41, 5.74) is 1.40. The van der Waals surface area contributed by atoms with Crippen molar-refractivity contribution in [2.24, 2.45) is 4.99 Å². The fourth-order valence-corrected chi connectivity index (χ4v) is 7.33. The third-order valence-corrected chi connectivity index (χ3v) is 9.86. The fraction of sp³-hybridized carbons (Fsp3) is 0.242. The van der Waals surface area contributed by atoms with Gasteiger partial charge in [0.05, 0.1) is 39.8 Å². The van der Waals surface area contributed by atoms with E-state index in [-0.39, 0.29) is 11.6 Å². The minimum Gasteiger partial charge on any atom is -0.497 e. The van der Waals surface area contributed by atoms with E-state index < -0.39 is 16.5 Å². The van der Waals surface area contributed by atoms with Gasteiger partial charge in [-0.15, -0.1) is 0 Å². The van der Waals surface area contributed by atoms with Gasteiger partial charge in [-0.3, -0.25) is 24.3 Å². The molecular formula is C33H31ClN4O6S2. The van der Waals surface area contributed by atoms with E-state index in [0.29, 0.717) is 66.2 Å². The lowest BCUT2D eigenvalue weighted by Gasteiger charge is -2.30. The van der Waals surface area contributed by atoms with Crippen LogP contribution < -0.4 is 24.4 Å². The van der Waals surface area contributed by atoms with Crippen LogP contribution in [0, 0.1) is 10.1 Å². The maximum atomic E-state index is 14.2. The van der Waals surface area contributed by atoms with Crippen molar-refractivity contribution in [3.63, 3.8) is 0 Å². The summed E-state index contributed by atoms with van der Waals surface area (Å²) in [7, 11) is 3.07. The van der Waals surface area contributed by atoms with E-state index in [1.807, 2.05) is 13.8 Å². The van der Waals surface area contributed by atoms with Crippen molar-refractivity contribution in [1.29, 1.82) is 0 Å². The first-order valence-electron chi connectivity index (χ1n) is 14.4. The van der Waals surface area contributed by atoms with Crippen molar-refractivity contribution in [3.05, 3.63) is 118 Å². The second kappa shape index (κ2) is 13.9. The predicted octanol–water partition coefficient (Wildman–Crippen LogP) is 5.83. The number of carbonyl (C=O) groups is 1. The van der Waals surface area contributed by atoms with Gasteiger partial charge in [0.15, 0.2) is 4.80 Å². The number of hydrogen-bond donors (Lipinski definition) is 0. The maximum absolute atomic E-state index is 14.2. The fourth-order valence-electron chi connectivity index (χ4n) is 5.26. The number of hydrogen-bond acceptors (Lipinski definition) is 9. The standard InChI is InChI=1S/C33H31ClN4O6S2/c1-6-36(7-2)32(40)29-19(3)35-33-37(30(29)24-18-22(43-4)11-14-26(24)44-5)31(39)28(46-33)17-20-8-15-27(25(16-20)38(41)42)45-23-12-9-21(34)10-13-23/h8-18,30H,6-7H2,1-5H3/b28-17-/t30-/m1/s1. The Morgan fingerprint density at radius 1 is 1.11 bits per heavy atom. The average molecular weight is 679 g/mol. The molecule has 0 spiro atoms. The van der Waals surface area contributed by atoms with Gasteiger partial charge in [-0.05, 0) is 80.9 Å². The van der Waals surface area contributed by atoms with Gasteiger partial charge in [-0.1, -0.05) is 40.8 Å². The highest BCUT2D eigenvalue weighted by Gasteiger charge is 2.36. The number of benzene rings is 3. The number of nitro benzene ring substituents is 1. The molecule has 0 bridgehead atoms. The molecule has 13 heteroatoms. The number of amides is 1. The van der Waals surface area contributed by atoms with E-state index in [2.05, 4.69) is 0 Å². The average Bonchev–Trinajstić information content (AvgIpc) is 3.35. The smallest absolute Gasteiger partial charge is 0.283 e. The molecule has 2 heterocycles. The monoisotopic (exact) mass is 678 g/mol. The number of fused-ring (bicyclic) bond motifs is 1. The van der Waals surface area contributed by atoms with Gasteiger partial charge >= 0.3 is 0 Å². The third kappa shape index (κ3) is 6.46. The van der Waals surface area contributed by atoms with Gasteiger partial charge in [-0.2, -0.15) is 0 Å². The Balaban J connectivity index is 1.67. The first kappa shape index (κ1) is 33.0. The van der Waals surface area contributed by atoms with Crippen molar-refractivity contribution in [1.82, 2.24) is 9.47 Å². The quantitative estimate of drug-likeness (QED) is 0.153. The molecule has 0 aliphatic carbocycles. The van der Waals surface area contributed by atoms with Gasteiger partial charge in [0.2, 0.25) is 0 Å². The number of nitro groups is 1. The van der Waals surface area contributed by atoms with E-state index in [0.717, 1.165) is 16.2 Å². The first-order valence-corrected chi connectivity index (χ1v) is 16.4. The minimum atomic E-state index is -0.857. The minimum absolute atomic E-state index is 0.0941. The Morgan fingerprint density at radius 2 is 1.83 bits per heavy atom. The molecule has 3 aromatic carbocycles. The van der Waals surface area contributed by atoms with Crippen molar-refractivity contribution in [3.8, 4) is 11.5 Å². The summed E-state index contributed by atoms with van der Waals surface area (Å²) in [5.74, 6) is 0.773. The van der Waals surface area contributed by atoms with Crippen molar-refractivity contribution < 1.29 is 19.2 Å². The lowest BCUT2D eigenvalue weighted by Crippen LogP contribution is -2.43. The van der Waals surface area contributed by atoms with Gasteiger partial charge in [-0.25, -0.2) is 4.99 Å². The number of aromatic nitrogens is 1. The topological polar surface area (TPSA) is 116 Å². The number of allylic oxidation sites excluding steroid dienone is 1. The van der Waals surface area contributed by atoms with Crippen LogP contribution in [0.25, 0.3) is 6.08 Å². The summed E-state index contributed by atoms with van der Waals surface area (Å²) in [6.45, 7) is 6.50. The van der Waals surface area contributed by atoms with Crippen molar-refractivity contribution in [2.75, 3.05) is 27.3 Å². The number of likely N-dealkylation sites (N-methyl/N-ethyl adjacent to an activating group) is 1. The Kier molecular flexibility index (Phi) is 10.00. The van der Waals surface area contributed by atoms with E-state index in [9.17, 15) is 19.7 Å². The second-order valence-corrected chi connectivity index (χ2v) is 12.8. The van der Waals surface area contributed by atoms with Crippen LogP contribution in [0.1, 0.15) is 37.9 Å². The molecule has 0 N–H and O–H groups in total. The molecule has 1 aromatic heterocycles. The largest absolute Gasteiger partial charge is 0.497 e. The summed E-state index contributed by atoms with van der Waals surface area (Å²) in [4.78, 5) is 47.8. The summed E-state index contributed by atoms with van der Waals surface area (Å²) in [6.07, 6.45) is 1.61. The molecule has 10 nitrogen and oxygen atoms in total. The molecule has 5 rings (SSSR count). The molecule has 0 saturated carbocycles. The molecule has 238 valence electrons. The number of halogens is 1. The number of ether oxygens (including phenoxy) is 2. The normalized spacial score (nSPS) is 14.5. The highest BCUT2D eigenvalue weighted by molar-refractivity contribution is 7.99. The zero-order valence-electron chi connectivity index (χ0n) is 25.8. The molecule has 0 saturated heterocycles. The van der Waals surface area contributed by atoms with Crippen LogP contribution in [0.5, 0.6) is 11.5 Å². The number of rotatable bonds is 10.